The van der Waals surface area contributed by atoms with E-state index in [2.05, 4.69) is 26.1 Å². The number of methoxy groups -OCH3 is 2. The van der Waals surface area contributed by atoms with Gasteiger partial charge in [-0.1, -0.05) is 6.07 Å². The first kappa shape index (κ1) is 21.9. The minimum Gasteiger partial charge on any atom is -0.493 e. The van der Waals surface area contributed by atoms with E-state index in [0.717, 1.165) is 56.5 Å². The predicted octanol–water partition coefficient (Wildman–Crippen LogP) is 1.69. The van der Waals surface area contributed by atoms with Crippen molar-refractivity contribution in [1.82, 2.24) is 15.1 Å². The fourth-order valence-electron chi connectivity index (χ4n) is 3.88. The summed E-state index contributed by atoms with van der Waals surface area (Å²) in [5.74, 6) is 2.14. The lowest BCUT2D eigenvalue weighted by molar-refractivity contribution is -0.126. The third-order valence-corrected chi connectivity index (χ3v) is 5.74. The molecule has 2 aromatic rings. The highest BCUT2D eigenvalue weighted by molar-refractivity contribution is 5.92. The standard InChI is InChI=1S/C23H29N5O4/c1-30-20-5-3-18(15-21(20)31-2)4-6-23(29)28-9-7-27(8-10-28)22-16-19(17-24-25-22)26-11-13-32-14-12-26/h3-6,15-17H,7-14H2,1-2H3/b6-4+. The van der Waals surface area contributed by atoms with E-state index in [9.17, 15) is 4.79 Å². The Labute approximate surface area is 188 Å². The van der Waals surface area contributed by atoms with E-state index in [0.29, 0.717) is 24.6 Å². The van der Waals surface area contributed by atoms with Gasteiger partial charge in [-0.3, -0.25) is 4.79 Å². The van der Waals surface area contributed by atoms with E-state index >= 15 is 0 Å². The van der Waals surface area contributed by atoms with Crippen LogP contribution >= 0.6 is 0 Å². The summed E-state index contributed by atoms with van der Waals surface area (Å²) in [6, 6.07) is 7.64. The van der Waals surface area contributed by atoms with Gasteiger partial charge in [0.2, 0.25) is 5.91 Å². The second-order valence-electron chi connectivity index (χ2n) is 7.63. The zero-order valence-corrected chi connectivity index (χ0v) is 18.6. The van der Waals surface area contributed by atoms with Crippen LogP contribution in [0.2, 0.25) is 0 Å². The van der Waals surface area contributed by atoms with Gasteiger partial charge in [0.05, 0.1) is 39.3 Å². The lowest BCUT2D eigenvalue weighted by Gasteiger charge is -2.35. The Morgan fingerprint density at radius 1 is 0.969 bits per heavy atom. The fraction of sp³-hybridized carbons (Fsp3) is 0.435. The van der Waals surface area contributed by atoms with E-state index < -0.39 is 0 Å². The zero-order valence-electron chi connectivity index (χ0n) is 18.6. The molecule has 0 radical (unpaired) electrons. The topological polar surface area (TPSA) is 80.3 Å². The summed E-state index contributed by atoms with van der Waals surface area (Å²) in [6.45, 7) is 5.90. The van der Waals surface area contributed by atoms with Crippen molar-refractivity contribution in [3.8, 4) is 11.5 Å². The van der Waals surface area contributed by atoms with Gasteiger partial charge in [-0.25, -0.2) is 0 Å². The van der Waals surface area contributed by atoms with Crippen molar-refractivity contribution in [2.24, 2.45) is 0 Å². The molecule has 2 aliphatic heterocycles. The molecule has 1 aromatic heterocycles. The second kappa shape index (κ2) is 10.3. The van der Waals surface area contributed by atoms with Crippen molar-refractivity contribution in [1.29, 1.82) is 0 Å². The summed E-state index contributed by atoms with van der Waals surface area (Å²) in [4.78, 5) is 19.0. The zero-order chi connectivity index (χ0) is 22.3. The number of carbonyl (C=O) groups excluding carboxylic acids is 1. The Kier molecular flexibility index (Phi) is 7.06. The van der Waals surface area contributed by atoms with Crippen LogP contribution in [0.1, 0.15) is 5.56 Å². The van der Waals surface area contributed by atoms with Gasteiger partial charge in [-0.2, -0.15) is 5.10 Å². The number of hydrogen-bond donors (Lipinski definition) is 0. The van der Waals surface area contributed by atoms with Gasteiger partial charge in [0, 0.05) is 51.4 Å². The Hall–Kier alpha value is -3.33. The summed E-state index contributed by atoms with van der Waals surface area (Å²) >= 11 is 0. The maximum atomic E-state index is 12.7. The summed E-state index contributed by atoms with van der Waals surface area (Å²) in [5.41, 5.74) is 1.94. The van der Waals surface area contributed by atoms with E-state index in [1.165, 1.54) is 0 Å². The van der Waals surface area contributed by atoms with Gasteiger partial charge in [-0.15, -0.1) is 5.10 Å². The van der Waals surface area contributed by atoms with Crippen LogP contribution in [0.25, 0.3) is 6.08 Å². The number of anilines is 2. The molecule has 0 atom stereocenters. The molecule has 32 heavy (non-hydrogen) atoms. The van der Waals surface area contributed by atoms with Crippen molar-refractivity contribution in [3.63, 3.8) is 0 Å². The molecule has 3 heterocycles. The van der Waals surface area contributed by atoms with E-state index in [4.69, 9.17) is 14.2 Å². The van der Waals surface area contributed by atoms with Gasteiger partial charge in [0.15, 0.2) is 17.3 Å². The molecule has 2 fully saturated rings. The molecule has 0 spiro atoms. The van der Waals surface area contributed by atoms with Crippen molar-refractivity contribution < 1.29 is 19.0 Å². The molecule has 0 bridgehead atoms. The van der Waals surface area contributed by atoms with Crippen LogP contribution in [-0.2, 0) is 9.53 Å². The van der Waals surface area contributed by atoms with Gasteiger partial charge in [-0.05, 0) is 23.8 Å². The van der Waals surface area contributed by atoms with Gasteiger partial charge < -0.3 is 28.9 Å². The number of carbonyl (C=O) groups is 1. The average Bonchev–Trinajstić information content (AvgIpc) is 2.87. The van der Waals surface area contributed by atoms with Crippen molar-refractivity contribution in [2.45, 2.75) is 0 Å². The lowest BCUT2D eigenvalue weighted by atomic mass is 10.2. The highest BCUT2D eigenvalue weighted by Gasteiger charge is 2.22. The summed E-state index contributed by atoms with van der Waals surface area (Å²) in [5, 5.41) is 8.51. The monoisotopic (exact) mass is 439 g/mol. The Bertz CT molecular complexity index is 953. The minimum atomic E-state index is -0.00686. The number of nitrogens with zero attached hydrogens (tertiary/aromatic N) is 5. The molecule has 170 valence electrons. The summed E-state index contributed by atoms with van der Waals surface area (Å²) in [7, 11) is 3.19. The van der Waals surface area contributed by atoms with Gasteiger partial charge in [0.1, 0.15) is 0 Å². The van der Waals surface area contributed by atoms with Gasteiger partial charge >= 0.3 is 0 Å². The molecule has 2 saturated heterocycles. The average molecular weight is 440 g/mol. The van der Waals surface area contributed by atoms with Crippen molar-refractivity contribution in [3.05, 3.63) is 42.1 Å². The third-order valence-electron chi connectivity index (χ3n) is 5.74. The van der Waals surface area contributed by atoms with Crippen LogP contribution in [0.15, 0.2) is 36.5 Å². The molecule has 2 aliphatic rings. The first-order valence-corrected chi connectivity index (χ1v) is 10.8. The number of benzene rings is 1. The molecule has 1 aromatic carbocycles. The maximum Gasteiger partial charge on any atom is 0.246 e. The van der Waals surface area contributed by atoms with Crippen LogP contribution in [0, 0.1) is 0 Å². The van der Waals surface area contributed by atoms with Crippen LogP contribution < -0.4 is 19.3 Å². The van der Waals surface area contributed by atoms with E-state index in [1.54, 1.807) is 32.6 Å². The highest BCUT2D eigenvalue weighted by atomic mass is 16.5. The van der Waals surface area contributed by atoms with Crippen molar-refractivity contribution >= 4 is 23.5 Å². The SMILES string of the molecule is COc1ccc(/C=C/C(=O)N2CCN(c3cc(N4CCOCC4)cnn3)CC2)cc1OC. The quantitative estimate of drug-likeness (QED) is 0.629. The van der Waals surface area contributed by atoms with Crippen molar-refractivity contribution in [2.75, 3.05) is 76.5 Å². The molecule has 0 aliphatic carbocycles. The van der Waals surface area contributed by atoms with Crippen LogP contribution in [0.5, 0.6) is 11.5 Å². The fourth-order valence-corrected chi connectivity index (χ4v) is 3.88. The lowest BCUT2D eigenvalue weighted by Crippen LogP contribution is -2.48. The molecule has 0 N–H and O–H groups in total. The molecule has 1 amide bonds. The number of hydrogen-bond acceptors (Lipinski definition) is 8. The first-order chi connectivity index (χ1) is 15.7. The number of piperazine rings is 1. The Balaban J connectivity index is 1.33. The minimum absolute atomic E-state index is 0.00686. The Morgan fingerprint density at radius 2 is 1.72 bits per heavy atom. The molecule has 4 rings (SSSR count). The molecular weight excluding hydrogens is 410 g/mol. The third kappa shape index (κ3) is 5.11. The number of ether oxygens (including phenoxy) is 3. The summed E-state index contributed by atoms with van der Waals surface area (Å²) < 4.78 is 16.0. The number of rotatable bonds is 6. The molecule has 9 heteroatoms. The van der Waals surface area contributed by atoms with E-state index in [-0.39, 0.29) is 5.91 Å². The van der Waals surface area contributed by atoms with E-state index in [1.807, 2.05) is 23.1 Å². The molecule has 0 saturated carbocycles. The van der Waals surface area contributed by atoms with Crippen LogP contribution in [0.4, 0.5) is 11.5 Å². The van der Waals surface area contributed by atoms with Crippen LogP contribution in [-0.4, -0.2) is 87.7 Å². The summed E-state index contributed by atoms with van der Waals surface area (Å²) in [6.07, 6.45) is 5.21. The Morgan fingerprint density at radius 3 is 2.44 bits per heavy atom. The highest BCUT2D eigenvalue weighted by Crippen LogP contribution is 2.28. The van der Waals surface area contributed by atoms with Crippen LogP contribution in [0.3, 0.4) is 0 Å². The maximum absolute atomic E-state index is 12.7. The molecule has 9 nitrogen and oxygen atoms in total. The van der Waals surface area contributed by atoms with Gasteiger partial charge in [0.25, 0.3) is 0 Å². The largest absolute Gasteiger partial charge is 0.493 e. The normalized spacial score (nSPS) is 17.0. The molecular formula is C23H29N5O4. The predicted molar refractivity (Wildman–Crippen MR) is 122 cm³/mol. The number of morpholine rings is 1. The number of aromatic nitrogens is 2. The second-order valence-corrected chi connectivity index (χ2v) is 7.63. The number of amides is 1. The first-order valence-electron chi connectivity index (χ1n) is 10.8. The molecule has 0 unspecified atom stereocenters. The smallest absolute Gasteiger partial charge is 0.246 e.